The van der Waals surface area contributed by atoms with Crippen LogP contribution in [0.25, 0.3) is 0 Å². The molecule has 0 aliphatic heterocycles. The number of nitrogens with zero attached hydrogens (tertiary/aromatic N) is 1. The van der Waals surface area contributed by atoms with Crippen molar-refractivity contribution < 1.29 is 9.47 Å². The molecule has 0 bridgehead atoms. The van der Waals surface area contributed by atoms with Crippen molar-refractivity contribution in [1.82, 2.24) is 5.32 Å². The summed E-state index contributed by atoms with van der Waals surface area (Å²) in [7, 11) is 1.63. The maximum atomic E-state index is 9.28. The molecule has 0 aliphatic carbocycles. The molecule has 1 rings (SSSR count). The molecular formula is C16H24N2O2. The maximum Gasteiger partial charge on any atom is 0.161 e. The fourth-order valence-electron chi connectivity index (χ4n) is 2.06. The summed E-state index contributed by atoms with van der Waals surface area (Å²) in [4.78, 5) is 0. The van der Waals surface area contributed by atoms with E-state index in [9.17, 15) is 5.26 Å². The van der Waals surface area contributed by atoms with E-state index in [2.05, 4.69) is 11.4 Å². The summed E-state index contributed by atoms with van der Waals surface area (Å²) in [5, 5.41) is 12.5. The number of rotatable bonds is 7. The fraction of sp³-hybridized carbons (Fsp3) is 0.562. The number of nitriles is 1. The van der Waals surface area contributed by atoms with Crippen LogP contribution in [0.15, 0.2) is 18.2 Å². The molecule has 0 radical (unpaired) electrons. The van der Waals surface area contributed by atoms with Gasteiger partial charge in [0, 0.05) is 12.5 Å². The van der Waals surface area contributed by atoms with E-state index in [1.165, 1.54) is 0 Å². The van der Waals surface area contributed by atoms with Gasteiger partial charge < -0.3 is 9.47 Å². The molecule has 4 nitrogen and oxygen atoms in total. The quantitative estimate of drug-likeness (QED) is 0.831. The fourth-order valence-corrected chi connectivity index (χ4v) is 2.06. The van der Waals surface area contributed by atoms with E-state index in [1.807, 2.05) is 45.9 Å². The van der Waals surface area contributed by atoms with Gasteiger partial charge in [0.25, 0.3) is 0 Å². The van der Waals surface area contributed by atoms with Gasteiger partial charge in [-0.1, -0.05) is 6.07 Å². The standard InChI is InChI=1S/C16H24N2O2/c1-12(2)18-16(4,11-17)8-9-20-14-7-6-13(3)10-15(14)19-5/h6-7,10,12,18H,8-9H2,1-5H3. The average molecular weight is 276 g/mol. The number of benzene rings is 1. The zero-order valence-corrected chi connectivity index (χ0v) is 13.0. The second kappa shape index (κ2) is 7.16. The van der Waals surface area contributed by atoms with Crippen LogP contribution in [0.5, 0.6) is 11.5 Å². The largest absolute Gasteiger partial charge is 0.493 e. The molecule has 1 N–H and O–H groups in total. The Morgan fingerprint density at radius 2 is 2.05 bits per heavy atom. The highest BCUT2D eigenvalue weighted by Crippen LogP contribution is 2.28. The van der Waals surface area contributed by atoms with Crippen LogP contribution in [0.2, 0.25) is 0 Å². The molecule has 0 saturated heterocycles. The summed E-state index contributed by atoms with van der Waals surface area (Å²) in [6, 6.07) is 8.38. The second-order valence-electron chi connectivity index (χ2n) is 5.50. The Bertz CT molecular complexity index is 480. The number of ether oxygens (including phenoxy) is 2. The zero-order chi connectivity index (χ0) is 15.2. The van der Waals surface area contributed by atoms with E-state index in [0.29, 0.717) is 18.8 Å². The number of methoxy groups -OCH3 is 1. The Balaban J connectivity index is 2.62. The monoisotopic (exact) mass is 276 g/mol. The molecule has 4 heteroatoms. The van der Waals surface area contributed by atoms with Crippen molar-refractivity contribution in [3.05, 3.63) is 23.8 Å². The molecule has 110 valence electrons. The second-order valence-corrected chi connectivity index (χ2v) is 5.50. The first-order valence-corrected chi connectivity index (χ1v) is 6.86. The van der Waals surface area contributed by atoms with Crippen molar-refractivity contribution in [1.29, 1.82) is 5.26 Å². The predicted molar refractivity (Wildman–Crippen MR) is 80.1 cm³/mol. The molecular weight excluding hydrogens is 252 g/mol. The lowest BCUT2D eigenvalue weighted by atomic mass is 9.99. The lowest BCUT2D eigenvalue weighted by Gasteiger charge is -2.26. The molecule has 0 spiro atoms. The van der Waals surface area contributed by atoms with Crippen molar-refractivity contribution in [2.45, 2.75) is 45.7 Å². The summed E-state index contributed by atoms with van der Waals surface area (Å²) in [5.41, 5.74) is 0.545. The molecule has 1 unspecified atom stereocenters. The average Bonchev–Trinajstić information content (AvgIpc) is 2.39. The van der Waals surface area contributed by atoms with Crippen LogP contribution in [0.1, 0.15) is 32.8 Å². The molecule has 1 atom stereocenters. The summed E-state index contributed by atoms with van der Waals surface area (Å²) < 4.78 is 11.0. The van der Waals surface area contributed by atoms with E-state index in [0.717, 1.165) is 11.3 Å². The first kappa shape index (κ1) is 16.3. The Hall–Kier alpha value is -1.73. The molecule has 1 aromatic carbocycles. The summed E-state index contributed by atoms with van der Waals surface area (Å²) in [6.45, 7) is 8.41. The topological polar surface area (TPSA) is 54.3 Å². The number of aryl methyl sites for hydroxylation is 1. The Kier molecular flexibility index (Phi) is 5.84. The van der Waals surface area contributed by atoms with E-state index < -0.39 is 5.54 Å². The summed E-state index contributed by atoms with van der Waals surface area (Å²) >= 11 is 0. The highest BCUT2D eigenvalue weighted by atomic mass is 16.5. The van der Waals surface area contributed by atoms with Crippen LogP contribution >= 0.6 is 0 Å². The molecule has 0 heterocycles. The van der Waals surface area contributed by atoms with E-state index in [4.69, 9.17) is 9.47 Å². The van der Waals surface area contributed by atoms with Crippen molar-refractivity contribution >= 4 is 0 Å². The Morgan fingerprint density at radius 3 is 2.60 bits per heavy atom. The van der Waals surface area contributed by atoms with Gasteiger partial charge in [0.15, 0.2) is 11.5 Å². The van der Waals surface area contributed by atoms with Crippen LogP contribution in [0.3, 0.4) is 0 Å². The van der Waals surface area contributed by atoms with Gasteiger partial charge in [-0.15, -0.1) is 0 Å². The minimum absolute atomic E-state index is 0.258. The normalized spacial score (nSPS) is 13.7. The molecule has 0 fully saturated rings. The van der Waals surface area contributed by atoms with Gasteiger partial charge in [0.1, 0.15) is 5.54 Å². The van der Waals surface area contributed by atoms with Crippen LogP contribution in [-0.2, 0) is 0 Å². The van der Waals surface area contributed by atoms with Gasteiger partial charge in [-0.05, 0) is 45.4 Å². The summed E-state index contributed by atoms with van der Waals surface area (Å²) in [5.74, 6) is 1.43. The maximum absolute atomic E-state index is 9.28. The van der Waals surface area contributed by atoms with Gasteiger partial charge in [0.05, 0.1) is 19.8 Å². The van der Waals surface area contributed by atoms with E-state index in [-0.39, 0.29) is 6.04 Å². The van der Waals surface area contributed by atoms with Crippen LogP contribution in [-0.4, -0.2) is 25.3 Å². The van der Waals surface area contributed by atoms with Crippen molar-refractivity contribution in [3.63, 3.8) is 0 Å². The number of nitrogens with one attached hydrogen (secondary N) is 1. The van der Waals surface area contributed by atoms with Gasteiger partial charge in [0.2, 0.25) is 0 Å². The van der Waals surface area contributed by atoms with Gasteiger partial charge in [-0.3, -0.25) is 5.32 Å². The predicted octanol–water partition coefficient (Wildman–Crippen LogP) is 3.05. The van der Waals surface area contributed by atoms with Gasteiger partial charge >= 0.3 is 0 Å². The van der Waals surface area contributed by atoms with Crippen LogP contribution in [0.4, 0.5) is 0 Å². The molecule has 0 aliphatic rings. The highest BCUT2D eigenvalue weighted by Gasteiger charge is 2.24. The summed E-state index contributed by atoms with van der Waals surface area (Å²) in [6.07, 6.45) is 0.610. The number of hydrogen-bond acceptors (Lipinski definition) is 4. The van der Waals surface area contributed by atoms with Gasteiger partial charge in [-0.2, -0.15) is 5.26 Å². The first-order valence-electron chi connectivity index (χ1n) is 6.86. The van der Waals surface area contributed by atoms with Crippen LogP contribution < -0.4 is 14.8 Å². The SMILES string of the molecule is COc1cc(C)ccc1OCCC(C)(C#N)NC(C)C. The molecule has 20 heavy (non-hydrogen) atoms. The molecule has 0 saturated carbocycles. The lowest BCUT2D eigenvalue weighted by molar-refractivity contribution is 0.249. The van der Waals surface area contributed by atoms with Crippen molar-refractivity contribution in [3.8, 4) is 17.6 Å². The first-order chi connectivity index (χ1) is 9.40. The highest BCUT2D eigenvalue weighted by molar-refractivity contribution is 5.42. The van der Waals surface area contributed by atoms with Crippen molar-refractivity contribution in [2.24, 2.45) is 0 Å². The number of hydrogen-bond donors (Lipinski definition) is 1. The zero-order valence-electron chi connectivity index (χ0n) is 13.0. The molecule has 1 aromatic rings. The van der Waals surface area contributed by atoms with Gasteiger partial charge in [-0.25, -0.2) is 0 Å². The van der Waals surface area contributed by atoms with Crippen LogP contribution in [0, 0.1) is 18.3 Å². The molecule has 0 aromatic heterocycles. The Morgan fingerprint density at radius 1 is 1.35 bits per heavy atom. The third kappa shape index (κ3) is 4.75. The minimum Gasteiger partial charge on any atom is -0.493 e. The van der Waals surface area contributed by atoms with E-state index >= 15 is 0 Å². The van der Waals surface area contributed by atoms with Crippen molar-refractivity contribution in [2.75, 3.05) is 13.7 Å². The molecule has 0 amide bonds. The van der Waals surface area contributed by atoms with E-state index in [1.54, 1.807) is 7.11 Å². The third-order valence-electron chi connectivity index (χ3n) is 3.03. The Labute approximate surface area is 121 Å². The lowest BCUT2D eigenvalue weighted by Crippen LogP contribution is -2.45. The third-order valence-corrected chi connectivity index (χ3v) is 3.03. The minimum atomic E-state index is -0.577. The smallest absolute Gasteiger partial charge is 0.161 e.